The van der Waals surface area contributed by atoms with Gasteiger partial charge in [0.1, 0.15) is 11.6 Å². The van der Waals surface area contributed by atoms with Crippen molar-refractivity contribution in [3.05, 3.63) is 68.9 Å². The molecule has 1 fully saturated rings. The predicted octanol–water partition coefficient (Wildman–Crippen LogP) is 7.08. The summed E-state index contributed by atoms with van der Waals surface area (Å²) in [7, 11) is 0. The molecule has 1 atom stereocenters. The number of aliphatic carboxylic acids is 1. The van der Waals surface area contributed by atoms with E-state index in [-0.39, 0.29) is 42.8 Å². The molecule has 1 amide bonds. The number of hydrogen-bond donors (Lipinski definition) is 2. The predicted molar refractivity (Wildman–Crippen MR) is 144 cm³/mol. The van der Waals surface area contributed by atoms with Gasteiger partial charge in [0.2, 0.25) is 0 Å². The van der Waals surface area contributed by atoms with E-state index in [0.29, 0.717) is 21.4 Å². The maximum Gasteiger partial charge on any atom is 0.416 e. The summed E-state index contributed by atoms with van der Waals surface area (Å²) in [6, 6.07) is 7.33. The molecular formula is C28H26BrF6N3O3. The zero-order chi connectivity index (χ0) is 30.1. The Balaban J connectivity index is 1.74. The number of halogens is 7. The zero-order valence-electron chi connectivity index (χ0n) is 21.8. The number of rotatable bonds is 8. The molecule has 0 unspecified atom stereocenters. The van der Waals surface area contributed by atoms with Crippen LogP contribution in [0.3, 0.4) is 0 Å². The summed E-state index contributed by atoms with van der Waals surface area (Å²) in [6.07, 6.45) is -5.93. The van der Waals surface area contributed by atoms with Gasteiger partial charge in [-0.2, -0.15) is 13.2 Å². The van der Waals surface area contributed by atoms with E-state index in [4.69, 9.17) is 5.11 Å². The number of aromatic nitrogens is 1. The van der Waals surface area contributed by atoms with Crippen LogP contribution in [0.1, 0.15) is 58.6 Å². The zero-order valence-corrected chi connectivity index (χ0v) is 23.4. The number of alkyl halides is 5. The Hall–Kier alpha value is -3.35. The number of carboxylic acid groups (broad SMARTS) is 1. The second kappa shape index (κ2) is 11.9. The Kier molecular flexibility index (Phi) is 8.86. The molecule has 2 N–H and O–H groups in total. The van der Waals surface area contributed by atoms with E-state index in [1.807, 2.05) is 0 Å². The second-order valence-electron chi connectivity index (χ2n) is 10.0. The first-order chi connectivity index (χ1) is 19.2. The molecule has 2 aromatic carbocycles. The van der Waals surface area contributed by atoms with Gasteiger partial charge in [-0.1, -0.05) is 22.0 Å². The van der Waals surface area contributed by atoms with E-state index in [1.165, 1.54) is 4.90 Å². The molecule has 1 aliphatic heterocycles. The number of amides is 1. The van der Waals surface area contributed by atoms with Crippen LogP contribution in [0.5, 0.6) is 0 Å². The van der Waals surface area contributed by atoms with Gasteiger partial charge >= 0.3 is 12.1 Å². The molecule has 220 valence electrons. The lowest BCUT2D eigenvalue weighted by molar-refractivity contribution is -0.138. The van der Waals surface area contributed by atoms with Crippen LogP contribution in [0.25, 0.3) is 10.9 Å². The number of carbonyl (C=O) groups excluding carboxylic acids is 1. The first-order valence-electron chi connectivity index (χ1n) is 12.8. The molecule has 0 spiro atoms. The lowest BCUT2D eigenvalue weighted by atomic mass is 9.89. The number of anilines is 1. The van der Waals surface area contributed by atoms with Crippen LogP contribution in [-0.4, -0.2) is 47.5 Å². The molecule has 13 heteroatoms. The van der Waals surface area contributed by atoms with Crippen molar-refractivity contribution in [3.63, 3.8) is 0 Å². The Labute approximate surface area is 239 Å². The van der Waals surface area contributed by atoms with Crippen LogP contribution in [0, 0.1) is 12.7 Å². The molecule has 0 bridgehead atoms. The minimum atomic E-state index is -4.92. The van der Waals surface area contributed by atoms with E-state index >= 15 is 0 Å². The van der Waals surface area contributed by atoms with E-state index in [9.17, 15) is 35.9 Å². The largest absolute Gasteiger partial charge is 0.481 e. The molecule has 1 aliphatic rings. The number of piperidine rings is 1. The van der Waals surface area contributed by atoms with Gasteiger partial charge in [-0.05, 0) is 50.1 Å². The number of carboxylic acids is 1. The number of benzene rings is 2. The molecule has 6 nitrogen and oxygen atoms in total. The van der Waals surface area contributed by atoms with Crippen LogP contribution >= 0.6 is 15.9 Å². The SMILES string of the molecule is Cc1c(N2CCCC(F)(F)C2)nc2ccc(Br)cc2c1C(=O)NC[C@@H](CCC(=O)O)c1c(F)cccc1C(F)(F)F. The van der Waals surface area contributed by atoms with E-state index < -0.39 is 66.3 Å². The summed E-state index contributed by atoms with van der Waals surface area (Å²) < 4.78 is 85.1. The van der Waals surface area contributed by atoms with Crippen molar-refractivity contribution >= 4 is 44.5 Å². The first-order valence-corrected chi connectivity index (χ1v) is 13.6. The van der Waals surface area contributed by atoms with Gasteiger partial charge in [0.05, 0.1) is 23.2 Å². The highest BCUT2D eigenvalue weighted by Crippen LogP contribution is 2.39. The second-order valence-corrected chi connectivity index (χ2v) is 10.9. The third-order valence-corrected chi connectivity index (χ3v) is 7.56. The lowest BCUT2D eigenvalue weighted by Crippen LogP contribution is -2.43. The maximum absolute atomic E-state index is 14.8. The van der Waals surface area contributed by atoms with Gasteiger partial charge in [0.15, 0.2) is 0 Å². The summed E-state index contributed by atoms with van der Waals surface area (Å²) in [4.78, 5) is 30.8. The third kappa shape index (κ3) is 6.94. The monoisotopic (exact) mass is 645 g/mol. The van der Waals surface area contributed by atoms with Crippen LogP contribution in [0.2, 0.25) is 0 Å². The van der Waals surface area contributed by atoms with E-state index in [1.54, 1.807) is 25.1 Å². The van der Waals surface area contributed by atoms with Crippen LogP contribution in [0.15, 0.2) is 40.9 Å². The quantitative estimate of drug-likeness (QED) is 0.256. The molecule has 4 rings (SSSR count). The smallest absolute Gasteiger partial charge is 0.416 e. The number of hydrogen-bond acceptors (Lipinski definition) is 4. The lowest BCUT2D eigenvalue weighted by Gasteiger charge is -2.34. The minimum absolute atomic E-state index is 0.0711. The van der Waals surface area contributed by atoms with Crippen molar-refractivity contribution in [2.24, 2.45) is 0 Å². The highest BCUT2D eigenvalue weighted by Gasteiger charge is 2.38. The van der Waals surface area contributed by atoms with Gasteiger partial charge in [0, 0.05) is 52.8 Å². The summed E-state index contributed by atoms with van der Waals surface area (Å²) in [6.45, 7) is 0.737. The van der Waals surface area contributed by atoms with Gasteiger partial charge in [-0.25, -0.2) is 18.2 Å². The number of nitrogens with one attached hydrogen (secondary N) is 1. The van der Waals surface area contributed by atoms with Crippen LogP contribution in [-0.2, 0) is 11.0 Å². The molecule has 0 saturated carbocycles. The molecular weight excluding hydrogens is 620 g/mol. The molecule has 1 saturated heterocycles. The highest BCUT2D eigenvalue weighted by molar-refractivity contribution is 9.10. The molecule has 2 heterocycles. The molecule has 0 radical (unpaired) electrons. The fourth-order valence-electron chi connectivity index (χ4n) is 5.21. The fraction of sp³-hybridized carbons (Fsp3) is 0.393. The summed E-state index contributed by atoms with van der Waals surface area (Å²) in [5, 5.41) is 12.1. The highest BCUT2D eigenvalue weighted by atomic mass is 79.9. The van der Waals surface area contributed by atoms with Gasteiger partial charge in [-0.3, -0.25) is 9.59 Å². The third-order valence-electron chi connectivity index (χ3n) is 7.07. The van der Waals surface area contributed by atoms with Crippen molar-refractivity contribution in [3.8, 4) is 0 Å². The minimum Gasteiger partial charge on any atom is -0.481 e. The summed E-state index contributed by atoms with van der Waals surface area (Å²) in [5.41, 5.74) is -1.30. The number of fused-ring (bicyclic) bond motifs is 1. The Morgan fingerprint density at radius 2 is 1.95 bits per heavy atom. The van der Waals surface area contributed by atoms with Crippen LogP contribution < -0.4 is 10.2 Å². The van der Waals surface area contributed by atoms with Crippen molar-refractivity contribution < 1.29 is 41.0 Å². The molecule has 3 aromatic rings. The number of carbonyl (C=O) groups is 2. The summed E-state index contributed by atoms with van der Waals surface area (Å²) in [5.74, 6) is -7.31. The first kappa shape index (κ1) is 30.6. The van der Waals surface area contributed by atoms with Gasteiger partial charge < -0.3 is 15.3 Å². The normalized spacial score (nSPS) is 16.0. The Bertz CT molecular complexity index is 1480. The van der Waals surface area contributed by atoms with Crippen molar-refractivity contribution in [2.75, 3.05) is 24.5 Å². The standard InChI is InChI=1S/C28H26BrF6N3O3/c1-15-23(18-12-17(29)7-8-21(18)37-25(15)38-11-3-10-27(31,32)14-38)26(41)36-13-16(6-9-22(39)40)24-19(28(33,34)35)4-2-5-20(24)30/h2,4-5,7-8,12,16H,3,6,9-11,13-14H2,1H3,(H,36,41)(H,39,40)/t16-/m1/s1. The Morgan fingerprint density at radius 3 is 2.61 bits per heavy atom. The van der Waals surface area contributed by atoms with Crippen molar-refractivity contribution in [1.29, 1.82) is 0 Å². The average Bonchev–Trinajstić information content (AvgIpc) is 2.87. The molecule has 41 heavy (non-hydrogen) atoms. The number of nitrogens with zero attached hydrogens (tertiary/aromatic N) is 2. The van der Waals surface area contributed by atoms with Crippen molar-refractivity contribution in [2.45, 2.75) is 50.6 Å². The number of pyridine rings is 1. The topological polar surface area (TPSA) is 82.5 Å². The molecule has 0 aliphatic carbocycles. The van der Waals surface area contributed by atoms with E-state index in [2.05, 4.69) is 26.2 Å². The maximum atomic E-state index is 14.8. The Morgan fingerprint density at radius 1 is 1.22 bits per heavy atom. The van der Waals surface area contributed by atoms with Gasteiger partial charge in [0.25, 0.3) is 11.8 Å². The van der Waals surface area contributed by atoms with Crippen molar-refractivity contribution in [1.82, 2.24) is 10.3 Å². The van der Waals surface area contributed by atoms with Crippen LogP contribution in [0.4, 0.5) is 32.2 Å². The fourth-order valence-corrected chi connectivity index (χ4v) is 5.58. The van der Waals surface area contributed by atoms with E-state index in [0.717, 1.165) is 12.1 Å². The molecule has 1 aromatic heterocycles. The average molecular weight is 646 g/mol. The summed E-state index contributed by atoms with van der Waals surface area (Å²) >= 11 is 3.34. The van der Waals surface area contributed by atoms with Gasteiger partial charge in [-0.15, -0.1) is 0 Å².